The SMILES string of the molecule is CSc1ncccc1-c1nc2c(cc1F)c(N1CCN(C(=O)O)C[C@@H]1C)nc(=O)n2-c1c(C)ccnc1C(C)C. The maximum atomic E-state index is 15.9. The summed E-state index contributed by atoms with van der Waals surface area (Å²) in [6, 6.07) is 6.35. The van der Waals surface area contributed by atoms with Crippen LogP contribution in [-0.2, 0) is 0 Å². The van der Waals surface area contributed by atoms with Crippen molar-refractivity contribution < 1.29 is 14.3 Å². The molecule has 1 amide bonds. The summed E-state index contributed by atoms with van der Waals surface area (Å²) in [6.45, 7) is 8.47. The summed E-state index contributed by atoms with van der Waals surface area (Å²) in [6.07, 6.45) is 4.19. The third-order valence-corrected chi connectivity index (χ3v) is 7.83. The summed E-state index contributed by atoms with van der Waals surface area (Å²) < 4.78 is 17.3. The summed E-state index contributed by atoms with van der Waals surface area (Å²) >= 11 is 1.38. The maximum Gasteiger partial charge on any atom is 0.407 e. The van der Waals surface area contributed by atoms with Gasteiger partial charge in [0.2, 0.25) is 0 Å². The molecule has 1 aliphatic heterocycles. The normalized spacial score (nSPS) is 15.7. The molecule has 0 bridgehead atoms. The molecule has 5 heterocycles. The first-order chi connectivity index (χ1) is 19.1. The van der Waals surface area contributed by atoms with Gasteiger partial charge >= 0.3 is 11.8 Å². The van der Waals surface area contributed by atoms with Crippen LogP contribution >= 0.6 is 11.8 Å². The Bertz CT molecular complexity index is 1680. The molecule has 5 rings (SSSR count). The number of anilines is 1. The van der Waals surface area contributed by atoms with E-state index in [0.717, 1.165) is 5.56 Å². The molecule has 0 aliphatic carbocycles. The molecule has 4 aromatic heterocycles. The Morgan fingerprint density at radius 1 is 1.18 bits per heavy atom. The molecule has 1 saturated heterocycles. The summed E-state index contributed by atoms with van der Waals surface area (Å²) in [5.41, 5.74) is 2.33. The monoisotopic (exact) mass is 563 g/mol. The van der Waals surface area contributed by atoms with Crippen LogP contribution in [0.4, 0.5) is 15.0 Å². The number of pyridine rings is 3. The van der Waals surface area contributed by atoms with Gasteiger partial charge in [0.1, 0.15) is 22.4 Å². The molecule has 1 fully saturated rings. The predicted octanol–water partition coefficient (Wildman–Crippen LogP) is 4.72. The van der Waals surface area contributed by atoms with Crippen LogP contribution in [0.5, 0.6) is 0 Å². The van der Waals surface area contributed by atoms with E-state index in [1.54, 1.807) is 24.5 Å². The number of hydrogen-bond donors (Lipinski definition) is 1. The number of hydrogen-bond acceptors (Lipinski definition) is 8. The number of aromatic nitrogens is 5. The zero-order valence-electron chi connectivity index (χ0n) is 22.9. The number of fused-ring (bicyclic) bond motifs is 1. The van der Waals surface area contributed by atoms with Crippen molar-refractivity contribution in [3.8, 4) is 16.9 Å². The van der Waals surface area contributed by atoms with Crippen LogP contribution in [0.3, 0.4) is 0 Å². The van der Waals surface area contributed by atoms with Crippen molar-refractivity contribution in [2.24, 2.45) is 0 Å². The zero-order chi connectivity index (χ0) is 28.7. The highest BCUT2D eigenvalue weighted by atomic mass is 32.2. The standard InChI is InChI=1S/C28H30FN7O3S/c1-15(2)21-23(16(3)8-10-30-21)36-25-19(13-20(29)22(32-25)18-7-6-9-31-26(18)40-5)24(33-27(36)37)35-12-11-34(28(38)39)14-17(35)4/h6-10,13,15,17H,11-12,14H2,1-5H3,(H,38,39)/t17-/m0/s1. The minimum atomic E-state index is -1.01. The van der Waals surface area contributed by atoms with E-state index in [0.29, 0.717) is 33.9 Å². The molecule has 0 radical (unpaired) electrons. The Morgan fingerprint density at radius 3 is 2.62 bits per heavy atom. The number of rotatable bonds is 5. The van der Waals surface area contributed by atoms with Gasteiger partial charge in [-0.2, -0.15) is 4.98 Å². The lowest BCUT2D eigenvalue weighted by atomic mass is 10.0. The van der Waals surface area contributed by atoms with E-state index < -0.39 is 17.6 Å². The lowest BCUT2D eigenvalue weighted by Gasteiger charge is -2.39. The van der Waals surface area contributed by atoms with Crippen LogP contribution in [0.1, 0.15) is 37.9 Å². The minimum absolute atomic E-state index is 0.0121. The Labute approximate surface area is 234 Å². The predicted molar refractivity (Wildman–Crippen MR) is 153 cm³/mol. The molecule has 12 heteroatoms. The lowest BCUT2D eigenvalue weighted by Crippen LogP contribution is -2.54. The molecule has 0 aromatic carbocycles. The van der Waals surface area contributed by atoms with E-state index in [9.17, 15) is 14.7 Å². The number of carboxylic acid groups (broad SMARTS) is 1. The molecule has 40 heavy (non-hydrogen) atoms. The van der Waals surface area contributed by atoms with Crippen LogP contribution in [-0.4, -0.2) is 72.5 Å². The number of aryl methyl sites for hydroxylation is 1. The fraction of sp³-hybridized carbons (Fsp3) is 0.357. The molecule has 4 aromatic rings. The highest BCUT2D eigenvalue weighted by molar-refractivity contribution is 7.98. The van der Waals surface area contributed by atoms with E-state index in [1.165, 1.54) is 27.3 Å². The molecule has 1 N–H and O–H groups in total. The van der Waals surface area contributed by atoms with Crippen LogP contribution in [0.2, 0.25) is 0 Å². The third kappa shape index (κ3) is 4.76. The quantitative estimate of drug-likeness (QED) is 0.344. The Balaban J connectivity index is 1.84. The molecule has 10 nitrogen and oxygen atoms in total. The first-order valence-electron chi connectivity index (χ1n) is 12.9. The average Bonchev–Trinajstić information content (AvgIpc) is 2.93. The number of nitrogens with zero attached hydrogens (tertiary/aromatic N) is 7. The van der Waals surface area contributed by atoms with Gasteiger partial charge in [-0.25, -0.2) is 28.5 Å². The Kier molecular flexibility index (Phi) is 7.45. The van der Waals surface area contributed by atoms with Crippen LogP contribution < -0.4 is 10.6 Å². The van der Waals surface area contributed by atoms with Crippen molar-refractivity contribution in [3.05, 3.63) is 64.2 Å². The van der Waals surface area contributed by atoms with E-state index in [-0.39, 0.29) is 42.2 Å². The van der Waals surface area contributed by atoms with Gasteiger partial charge in [-0.3, -0.25) is 4.98 Å². The second-order valence-electron chi connectivity index (χ2n) is 10.1. The number of halogens is 1. The molecular weight excluding hydrogens is 533 g/mol. The minimum Gasteiger partial charge on any atom is -0.465 e. The van der Waals surface area contributed by atoms with E-state index in [4.69, 9.17) is 4.98 Å². The molecule has 0 unspecified atom stereocenters. The molecular formula is C28H30FN7O3S. The highest BCUT2D eigenvalue weighted by Gasteiger charge is 2.31. The van der Waals surface area contributed by atoms with Gasteiger partial charge in [0.25, 0.3) is 0 Å². The van der Waals surface area contributed by atoms with Crippen molar-refractivity contribution >= 4 is 34.7 Å². The maximum absolute atomic E-state index is 15.9. The lowest BCUT2D eigenvalue weighted by molar-refractivity contribution is 0.136. The van der Waals surface area contributed by atoms with Crippen molar-refractivity contribution in [1.29, 1.82) is 0 Å². The number of carbonyl (C=O) groups is 1. The van der Waals surface area contributed by atoms with Gasteiger partial charge in [-0.15, -0.1) is 11.8 Å². The fourth-order valence-corrected chi connectivity index (χ4v) is 5.73. The molecule has 1 aliphatic rings. The van der Waals surface area contributed by atoms with Crippen molar-refractivity contribution in [1.82, 2.24) is 29.4 Å². The van der Waals surface area contributed by atoms with Gasteiger partial charge in [0.05, 0.1) is 16.8 Å². The topological polar surface area (TPSA) is 117 Å². The second kappa shape index (κ2) is 10.8. The smallest absolute Gasteiger partial charge is 0.407 e. The summed E-state index contributed by atoms with van der Waals surface area (Å²) in [5.74, 6) is -0.314. The summed E-state index contributed by atoms with van der Waals surface area (Å²) in [7, 11) is 0. The van der Waals surface area contributed by atoms with Crippen LogP contribution in [0.25, 0.3) is 28.0 Å². The largest absolute Gasteiger partial charge is 0.465 e. The Morgan fingerprint density at radius 2 is 1.95 bits per heavy atom. The molecule has 208 valence electrons. The number of piperazine rings is 1. The van der Waals surface area contributed by atoms with Crippen LogP contribution in [0.15, 0.2) is 46.5 Å². The van der Waals surface area contributed by atoms with E-state index in [2.05, 4.69) is 15.0 Å². The fourth-order valence-electron chi connectivity index (χ4n) is 5.18. The number of amides is 1. The summed E-state index contributed by atoms with van der Waals surface area (Å²) in [4.78, 5) is 46.8. The number of thioether (sulfide) groups is 1. The van der Waals surface area contributed by atoms with E-state index >= 15 is 4.39 Å². The third-order valence-electron chi connectivity index (χ3n) is 7.12. The zero-order valence-corrected chi connectivity index (χ0v) is 23.7. The summed E-state index contributed by atoms with van der Waals surface area (Å²) in [5, 5.41) is 10.4. The van der Waals surface area contributed by atoms with Crippen molar-refractivity contribution in [2.45, 2.75) is 44.7 Å². The molecule has 1 atom stereocenters. The highest BCUT2D eigenvalue weighted by Crippen LogP contribution is 2.35. The van der Waals surface area contributed by atoms with Crippen molar-refractivity contribution in [3.63, 3.8) is 0 Å². The Hall–Kier alpha value is -4.06. The average molecular weight is 564 g/mol. The van der Waals surface area contributed by atoms with Gasteiger partial charge in [-0.1, -0.05) is 13.8 Å². The van der Waals surface area contributed by atoms with Gasteiger partial charge < -0.3 is 14.9 Å². The second-order valence-corrected chi connectivity index (χ2v) is 10.9. The van der Waals surface area contributed by atoms with Gasteiger partial charge in [-0.05, 0) is 55.9 Å². The first kappa shape index (κ1) is 27.5. The van der Waals surface area contributed by atoms with Crippen LogP contribution in [0, 0.1) is 12.7 Å². The van der Waals surface area contributed by atoms with Crippen molar-refractivity contribution in [2.75, 3.05) is 30.8 Å². The molecule has 0 spiro atoms. The molecule has 0 saturated carbocycles. The van der Waals surface area contributed by atoms with E-state index in [1.807, 2.05) is 44.9 Å². The van der Waals surface area contributed by atoms with Gasteiger partial charge in [0.15, 0.2) is 5.65 Å². The van der Waals surface area contributed by atoms with Gasteiger partial charge in [0, 0.05) is 43.6 Å². The first-order valence-corrected chi connectivity index (χ1v) is 14.2.